The minimum Gasteiger partial charge on any atom is -0.356 e. The van der Waals surface area contributed by atoms with Crippen LogP contribution in [0.3, 0.4) is 0 Å². The minimum absolute atomic E-state index is 0. The molecular formula is C20H28ClF3IN5O. The van der Waals surface area contributed by atoms with Crippen molar-refractivity contribution in [2.75, 3.05) is 52.9 Å². The molecule has 1 N–H and O–H groups in total. The smallest absolute Gasteiger partial charge is 0.356 e. The summed E-state index contributed by atoms with van der Waals surface area (Å²) in [6, 6.07) is 7.43. The van der Waals surface area contributed by atoms with Crippen molar-refractivity contribution in [1.29, 1.82) is 0 Å². The minimum atomic E-state index is -4.16. The molecule has 0 spiro atoms. The Bertz CT molecular complexity index is 762. The Morgan fingerprint density at radius 2 is 1.94 bits per heavy atom. The third kappa shape index (κ3) is 7.98. The zero-order chi connectivity index (χ0) is 21.7. The largest absolute Gasteiger partial charge is 0.401 e. The van der Waals surface area contributed by atoms with E-state index in [0.717, 1.165) is 5.56 Å². The molecule has 1 atom stereocenters. The van der Waals surface area contributed by atoms with Gasteiger partial charge in [0.15, 0.2) is 5.96 Å². The first-order valence-electron chi connectivity index (χ1n) is 10.0. The molecular weight excluding hydrogens is 546 g/mol. The summed E-state index contributed by atoms with van der Waals surface area (Å²) in [5.41, 5.74) is 1.02. The summed E-state index contributed by atoms with van der Waals surface area (Å²) in [5, 5.41) is 3.90. The molecule has 0 radical (unpaired) electrons. The van der Waals surface area contributed by atoms with Gasteiger partial charge >= 0.3 is 6.18 Å². The molecule has 6 nitrogen and oxygen atoms in total. The van der Waals surface area contributed by atoms with Crippen LogP contribution in [0.15, 0.2) is 29.3 Å². The number of nitrogens with zero attached hydrogens (tertiary/aromatic N) is 4. The summed E-state index contributed by atoms with van der Waals surface area (Å²) in [6.07, 6.45) is -3.45. The zero-order valence-electron chi connectivity index (χ0n) is 17.4. The van der Waals surface area contributed by atoms with Crippen LogP contribution in [0.4, 0.5) is 13.2 Å². The van der Waals surface area contributed by atoms with E-state index in [9.17, 15) is 18.0 Å². The molecule has 1 unspecified atom stereocenters. The summed E-state index contributed by atoms with van der Waals surface area (Å²) < 4.78 is 37.6. The Kier molecular flexibility index (Phi) is 9.68. The van der Waals surface area contributed by atoms with Crippen molar-refractivity contribution in [2.24, 2.45) is 10.9 Å². The maximum Gasteiger partial charge on any atom is 0.401 e. The number of rotatable bonds is 5. The Balaban J connectivity index is 0.00000341. The Morgan fingerprint density at radius 3 is 2.55 bits per heavy atom. The van der Waals surface area contributed by atoms with Crippen molar-refractivity contribution >= 4 is 47.4 Å². The Hall–Kier alpha value is -1.27. The SMILES string of the molecule is CN=C(NCC1CCN(CC(F)(F)F)C1)N1CCN(Cc2ccc(Cl)cc2)C(=O)C1.I. The van der Waals surface area contributed by atoms with E-state index in [1.807, 2.05) is 29.2 Å². The molecule has 11 heteroatoms. The van der Waals surface area contributed by atoms with E-state index in [2.05, 4.69) is 10.3 Å². The molecule has 2 aliphatic heterocycles. The molecule has 2 fully saturated rings. The number of carbonyl (C=O) groups is 1. The van der Waals surface area contributed by atoms with Crippen molar-refractivity contribution in [2.45, 2.75) is 19.1 Å². The van der Waals surface area contributed by atoms with Crippen molar-refractivity contribution in [3.63, 3.8) is 0 Å². The van der Waals surface area contributed by atoms with Gasteiger partial charge in [-0.2, -0.15) is 13.2 Å². The molecule has 2 heterocycles. The summed E-state index contributed by atoms with van der Waals surface area (Å²) >= 11 is 5.91. The van der Waals surface area contributed by atoms with E-state index in [0.29, 0.717) is 56.7 Å². The van der Waals surface area contributed by atoms with Crippen molar-refractivity contribution in [3.05, 3.63) is 34.9 Å². The van der Waals surface area contributed by atoms with Gasteiger partial charge in [0.1, 0.15) is 0 Å². The van der Waals surface area contributed by atoms with Crippen molar-refractivity contribution in [1.82, 2.24) is 20.0 Å². The van der Waals surface area contributed by atoms with Gasteiger partial charge in [-0.15, -0.1) is 24.0 Å². The molecule has 0 aliphatic carbocycles. The van der Waals surface area contributed by atoms with E-state index < -0.39 is 12.7 Å². The van der Waals surface area contributed by atoms with Gasteiger partial charge < -0.3 is 15.1 Å². The van der Waals surface area contributed by atoms with Crippen LogP contribution in [0.25, 0.3) is 0 Å². The molecule has 174 valence electrons. The van der Waals surface area contributed by atoms with Gasteiger partial charge in [-0.05, 0) is 36.6 Å². The predicted octanol–water partition coefficient (Wildman–Crippen LogP) is 3.06. The lowest BCUT2D eigenvalue weighted by atomic mass is 10.1. The number of benzene rings is 1. The number of likely N-dealkylation sites (tertiary alicyclic amines) is 1. The number of carbonyl (C=O) groups excluding carboxylic acids is 1. The number of nitrogens with one attached hydrogen (secondary N) is 1. The quantitative estimate of drug-likeness (QED) is 0.334. The van der Waals surface area contributed by atoms with Gasteiger partial charge in [0.25, 0.3) is 0 Å². The van der Waals surface area contributed by atoms with Crippen LogP contribution in [-0.4, -0.2) is 85.6 Å². The number of aliphatic imine (C=N–C) groups is 1. The fourth-order valence-electron chi connectivity index (χ4n) is 3.91. The lowest BCUT2D eigenvalue weighted by Crippen LogP contribution is -2.55. The first-order chi connectivity index (χ1) is 14.2. The van der Waals surface area contributed by atoms with Crippen LogP contribution in [0, 0.1) is 5.92 Å². The van der Waals surface area contributed by atoms with E-state index >= 15 is 0 Å². The Labute approximate surface area is 202 Å². The highest BCUT2D eigenvalue weighted by atomic mass is 127. The number of amides is 1. The second kappa shape index (κ2) is 11.6. The molecule has 2 aliphatic rings. The van der Waals surface area contributed by atoms with E-state index in [1.165, 1.54) is 4.90 Å². The molecule has 31 heavy (non-hydrogen) atoms. The molecule has 1 aromatic carbocycles. The fraction of sp³-hybridized carbons (Fsp3) is 0.600. The number of guanidine groups is 1. The van der Waals surface area contributed by atoms with E-state index in [4.69, 9.17) is 11.6 Å². The highest BCUT2D eigenvalue weighted by Gasteiger charge is 2.34. The third-order valence-electron chi connectivity index (χ3n) is 5.44. The monoisotopic (exact) mass is 573 g/mol. The average molecular weight is 574 g/mol. The number of hydrogen-bond acceptors (Lipinski definition) is 3. The summed E-state index contributed by atoms with van der Waals surface area (Å²) in [5.74, 6) is 0.756. The first kappa shape index (κ1) is 26.0. The number of halogens is 5. The van der Waals surface area contributed by atoms with E-state index in [-0.39, 0.29) is 42.3 Å². The van der Waals surface area contributed by atoms with Crippen LogP contribution in [0.1, 0.15) is 12.0 Å². The molecule has 2 saturated heterocycles. The van der Waals surface area contributed by atoms with Gasteiger partial charge in [0.05, 0.1) is 13.1 Å². The molecule has 0 aromatic heterocycles. The summed E-state index contributed by atoms with van der Waals surface area (Å²) in [7, 11) is 1.65. The van der Waals surface area contributed by atoms with Gasteiger partial charge in [-0.1, -0.05) is 23.7 Å². The maximum absolute atomic E-state index is 12.6. The Morgan fingerprint density at radius 1 is 1.23 bits per heavy atom. The van der Waals surface area contributed by atoms with Gasteiger partial charge in [0, 0.05) is 44.8 Å². The molecule has 0 saturated carbocycles. The number of alkyl halides is 3. The lowest BCUT2D eigenvalue weighted by molar-refractivity contribution is -0.143. The second-order valence-electron chi connectivity index (χ2n) is 7.80. The number of hydrogen-bond donors (Lipinski definition) is 1. The molecule has 0 bridgehead atoms. The normalized spacial score (nSPS) is 20.7. The van der Waals surface area contributed by atoms with E-state index in [1.54, 1.807) is 11.9 Å². The van der Waals surface area contributed by atoms with Crippen LogP contribution in [-0.2, 0) is 11.3 Å². The van der Waals surface area contributed by atoms with Gasteiger partial charge in [0.2, 0.25) is 5.91 Å². The zero-order valence-corrected chi connectivity index (χ0v) is 20.5. The van der Waals surface area contributed by atoms with Gasteiger partial charge in [-0.3, -0.25) is 14.7 Å². The molecule has 1 amide bonds. The molecule has 3 rings (SSSR count). The fourth-order valence-corrected chi connectivity index (χ4v) is 4.04. The lowest BCUT2D eigenvalue weighted by Gasteiger charge is -2.36. The summed E-state index contributed by atoms with van der Waals surface area (Å²) in [6.45, 7) is 2.52. The van der Waals surface area contributed by atoms with Crippen molar-refractivity contribution < 1.29 is 18.0 Å². The van der Waals surface area contributed by atoms with Crippen LogP contribution in [0.5, 0.6) is 0 Å². The highest BCUT2D eigenvalue weighted by Crippen LogP contribution is 2.22. The topological polar surface area (TPSA) is 51.2 Å². The van der Waals surface area contributed by atoms with Crippen LogP contribution < -0.4 is 5.32 Å². The number of piperazine rings is 1. The van der Waals surface area contributed by atoms with Crippen LogP contribution in [0.2, 0.25) is 5.02 Å². The summed E-state index contributed by atoms with van der Waals surface area (Å²) in [4.78, 5) is 22.0. The van der Waals surface area contributed by atoms with Crippen LogP contribution >= 0.6 is 35.6 Å². The molecule has 1 aromatic rings. The third-order valence-corrected chi connectivity index (χ3v) is 5.69. The second-order valence-corrected chi connectivity index (χ2v) is 8.23. The van der Waals surface area contributed by atoms with Gasteiger partial charge in [-0.25, -0.2) is 0 Å². The highest BCUT2D eigenvalue weighted by molar-refractivity contribution is 14.0. The maximum atomic E-state index is 12.6. The standard InChI is InChI=1S/C20H27ClF3N5O.HI/c1-25-19(26-10-16-6-7-27(11-16)14-20(22,23)24)29-9-8-28(18(30)13-29)12-15-2-4-17(21)5-3-15;/h2-5,16H,6-14H2,1H3,(H,25,26);1H. The first-order valence-corrected chi connectivity index (χ1v) is 10.4. The van der Waals surface area contributed by atoms with Crippen molar-refractivity contribution in [3.8, 4) is 0 Å². The predicted molar refractivity (Wildman–Crippen MR) is 126 cm³/mol. The average Bonchev–Trinajstić information content (AvgIpc) is 3.11.